The minimum absolute atomic E-state index is 0.0555. The first-order chi connectivity index (χ1) is 8.02. The highest BCUT2D eigenvalue weighted by Gasteiger charge is 2.13. The van der Waals surface area contributed by atoms with Crippen molar-refractivity contribution in [3.63, 3.8) is 0 Å². The normalized spacial score (nSPS) is 12.3. The van der Waals surface area contributed by atoms with Gasteiger partial charge in [0, 0.05) is 0 Å². The third-order valence-electron chi connectivity index (χ3n) is 2.50. The summed E-state index contributed by atoms with van der Waals surface area (Å²) < 4.78 is 10.3. The largest absolute Gasteiger partial charge is 0.497 e. The van der Waals surface area contributed by atoms with Crippen LogP contribution in [0.2, 0.25) is 0 Å². The van der Waals surface area contributed by atoms with Crippen molar-refractivity contribution in [1.29, 1.82) is 0 Å². The van der Waals surface area contributed by atoms with Gasteiger partial charge in [-0.15, -0.1) is 0 Å². The number of ether oxygens (including phenoxy) is 2. The van der Waals surface area contributed by atoms with Gasteiger partial charge in [-0.2, -0.15) is 0 Å². The molecule has 0 saturated heterocycles. The van der Waals surface area contributed by atoms with Crippen LogP contribution in [0.15, 0.2) is 24.3 Å². The van der Waals surface area contributed by atoms with Gasteiger partial charge in [-0.3, -0.25) is 4.79 Å². The molecule has 0 heterocycles. The maximum atomic E-state index is 11.5. The van der Waals surface area contributed by atoms with Gasteiger partial charge in [0.25, 0.3) is 0 Å². The third kappa shape index (κ3) is 4.47. The molecule has 1 atom stereocenters. The van der Waals surface area contributed by atoms with E-state index >= 15 is 0 Å². The van der Waals surface area contributed by atoms with Crippen LogP contribution >= 0.6 is 0 Å². The highest BCUT2D eigenvalue weighted by atomic mass is 16.5. The Morgan fingerprint density at radius 1 is 1.29 bits per heavy atom. The number of carbonyl (C=O) groups is 1. The van der Waals surface area contributed by atoms with Crippen LogP contribution in [0.25, 0.3) is 0 Å². The van der Waals surface area contributed by atoms with Gasteiger partial charge in [-0.25, -0.2) is 0 Å². The van der Waals surface area contributed by atoms with Crippen molar-refractivity contribution in [3.05, 3.63) is 29.8 Å². The quantitative estimate of drug-likeness (QED) is 0.737. The van der Waals surface area contributed by atoms with E-state index < -0.39 is 0 Å². The molecule has 0 saturated carbocycles. The summed E-state index contributed by atoms with van der Waals surface area (Å²) in [6, 6.07) is 7.77. The standard InChI is InChI=1S/C14H20O3/c1-10(2)17-14(15)8-11(3)12-6-5-7-13(9-12)16-4/h5-7,9-11H,8H2,1-4H3/t11-/m1/s1. The average molecular weight is 236 g/mol. The van der Waals surface area contributed by atoms with Crippen molar-refractivity contribution >= 4 is 5.97 Å². The molecule has 0 aliphatic carbocycles. The molecule has 0 radical (unpaired) electrons. The van der Waals surface area contributed by atoms with Crippen LogP contribution < -0.4 is 4.74 Å². The second-order valence-electron chi connectivity index (χ2n) is 4.42. The molecule has 0 N–H and O–H groups in total. The summed E-state index contributed by atoms with van der Waals surface area (Å²) in [6.45, 7) is 5.72. The van der Waals surface area contributed by atoms with Gasteiger partial charge in [0.1, 0.15) is 5.75 Å². The number of rotatable bonds is 5. The smallest absolute Gasteiger partial charge is 0.306 e. The van der Waals surface area contributed by atoms with Crippen LogP contribution in [0.5, 0.6) is 5.75 Å². The summed E-state index contributed by atoms with van der Waals surface area (Å²) in [5.41, 5.74) is 1.09. The van der Waals surface area contributed by atoms with E-state index in [1.165, 1.54) is 0 Å². The Morgan fingerprint density at radius 2 is 2.00 bits per heavy atom. The van der Waals surface area contributed by atoms with E-state index in [0.717, 1.165) is 11.3 Å². The zero-order valence-corrected chi connectivity index (χ0v) is 10.9. The number of benzene rings is 1. The van der Waals surface area contributed by atoms with Gasteiger partial charge in [-0.1, -0.05) is 19.1 Å². The van der Waals surface area contributed by atoms with E-state index in [0.29, 0.717) is 6.42 Å². The van der Waals surface area contributed by atoms with Crippen LogP contribution in [-0.2, 0) is 9.53 Å². The van der Waals surface area contributed by atoms with Gasteiger partial charge in [0.2, 0.25) is 0 Å². The predicted octanol–water partition coefficient (Wildman–Crippen LogP) is 3.14. The zero-order valence-electron chi connectivity index (χ0n) is 10.9. The molecular formula is C14H20O3. The molecule has 3 heteroatoms. The average Bonchev–Trinajstić information content (AvgIpc) is 2.27. The number of methoxy groups -OCH3 is 1. The molecule has 1 rings (SSSR count). The first-order valence-electron chi connectivity index (χ1n) is 5.86. The molecule has 1 aromatic carbocycles. The van der Waals surface area contributed by atoms with Crippen molar-refractivity contribution < 1.29 is 14.3 Å². The lowest BCUT2D eigenvalue weighted by Crippen LogP contribution is -2.13. The van der Waals surface area contributed by atoms with E-state index in [1.807, 2.05) is 45.0 Å². The number of hydrogen-bond acceptors (Lipinski definition) is 3. The van der Waals surface area contributed by atoms with E-state index in [9.17, 15) is 4.79 Å². The van der Waals surface area contributed by atoms with Crippen molar-refractivity contribution in [1.82, 2.24) is 0 Å². The summed E-state index contributed by atoms with van der Waals surface area (Å²) in [4.78, 5) is 11.5. The highest BCUT2D eigenvalue weighted by Crippen LogP contribution is 2.23. The monoisotopic (exact) mass is 236 g/mol. The SMILES string of the molecule is COc1cccc([C@H](C)CC(=O)OC(C)C)c1. The lowest BCUT2D eigenvalue weighted by molar-refractivity contribution is -0.147. The first kappa shape index (κ1) is 13.6. The summed E-state index contributed by atoms with van der Waals surface area (Å²) in [6.07, 6.45) is 0.339. The first-order valence-corrected chi connectivity index (χ1v) is 5.86. The summed E-state index contributed by atoms with van der Waals surface area (Å²) in [5.74, 6) is 0.790. The van der Waals surface area contributed by atoms with Gasteiger partial charge >= 0.3 is 5.97 Å². The molecule has 17 heavy (non-hydrogen) atoms. The Hall–Kier alpha value is -1.51. The van der Waals surface area contributed by atoms with Crippen molar-refractivity contribution in [3.8, 4) is 5.75 Å². The van der Waals surface area contributed by atoms with E-state index in [2.05, 4.69) is 0 Å². The maximum absolute atomic E-state index is 11.5. The maximum Gasteiger partial charge on any atom is 0.306 e. The van der Waals surface area contributed by atoms with Crippen LogP contribution in [0.3, 0.4) is 0 Å². The molecule has 0 aliphatic heterocycles. The minimum Gasteiger partial charge on any atom is -0.497 e. The molecule has 0 aromatic heterocycles. The van der Waals surface area contributed by atoms with Gasteiger partial charge in [0.05, 0.1) is 19.6 Å². The second kappa shape index (κ2) is 6.28. The molecule has 94 valence electrons. The Bertz CT molecular complexity index is 371. The van der Waals surface area contributed by atoms with Crippen LogP contribution in [-0.4, -0.2) is 19.2 Å². The molecule has 0 amide bonds. The zero-order chi connectivity index (χ0) is 12.8. The van der Waals surface area contributed by atoms with E-state index in [1.54, 1.807) is 7.11 Å². The van der Waals surface area contributed by atoms with Crippen molar-refractivity contribution in [2.24, 2.45) is 0 Å². The fourth-order valence-corrected chi connectivity index (χ4v) is 1.63. The molecule has 0 unspecified atom stereocenters. The lowest BCUT2D eigenvalue weighted by atomic mass is 9.98. The molecular weight excluding hydrogens is 216 g/mol. The van der Waals surface area contributed by atoms with Crippen LogP contribution in [0.1, 0.15) is 38.7 Å². The topological polar surface area (TPSA) is 35.5 Å². The van der Waals surface area contributed by atoms with E-state index in [-0.39, 0.29) is 18.0 Å². The summed E-state index contributed by atoms with van der Waals surface area (Å²) in [7, 11) is 1.64. The van der Waals surface area contributed by atoms with Gasteiger partial charge < -0.3 is 9.47 Å². The molecule has 0 bridgehead atoms. The molecule has 0 aliphatic rings. The Kier molecular flexibility index (Phi) is 5.01. The molecule has 1 aromatic rings. The number of esters is 1. The lowest BCUT2D eigenvalue weighted by Gasteiger charge is -2.14. The Morgan fingerprint density at radius 3 is 2.59 bits per heavy atom. The molecule has 0 spiro atoms. The Labute approximate surface area is 103 Å². The van der Waals surface area contributed by atoms with Gasteiger partial charge in [-0.05, 0) is 37.5 Å². The Balaban J connectivity index is 2.62. The highest BCUT2D eigenvalue weighted by molar-refractivity contribution is 5.70. The second-order valence-corrected chi connectivity index (χ2v) is 4.42. The van der Waals surface area contributed by atoms with E-state index in [4.69, 9.17) is 9.47 Å². The van der Waals surface area contributed by atoms with Gasteiger partial charge in [0.15, 0.2) is 0 Å². The van der Waals surface area contributed by atoms with Crippen LogP contribution in [0.4, 0.5) is 0 Å². The van der Waals surface area contributed by atoms with Crippen LogP contribution in [0, 0.1) is 0 Å². The third-order valence-corrected chi connectivity index (χ3v) is 2.50. The summed E-state index contributed by atoms with van der Waals surface area (Å²) >= 11 is 0. The fourth-order valence-electron chi connectivity index (χ4n) is 1.63. The molecule has 0 fully saturated rings. The number of carbonyl (C=O) groups excluding carboxylic acids is 1. The minimum atomic E-state index is -0.157. The molecule has 3 nitrogen and oxygen atoms in total. The van der Waals surface area contributed by atoms with Crippen molar-refractivity contribution in [2.75, 3.05) is 7.11 Å². The fraction of sp³-hybridized carbons (Fsp3) is 0.500. The number of hydrogen-bond donors (Lipinski definition) is 0. The predicted molar refractivity (Wildman–Crippen MR) is 67.3 cm³/mol. The van der Waals surface area contributed by atoms with Crippen molar-refractivity contribution in [2.45, 2.75) is 39.2 Å². The summed E-state index contributed by atoms with van der Waals surface area (Å²) in [5, 5.41) is 0.